The first kappa shape index (κ1) is 16.3. The van der Waals surface area contributed by atoms with Crippen molar-refractivity contribution in [2.24, 2.45) is 0 Å². The number of nitrogens with one attached hydrogen (secondary N) is 1. The summed E-state index contributed by atoms with van der Waals surface area (Å²) >= 11 is 0. The number of ether oxygens (including phenoxy) is 2. The molecule has 0 saturated carbocycles. The number of rotatable bonds is 8. The Morgan fingerprint density at radius 2 is 1.77 bits per heavy atom. The number of hydrogen-bond acceptors (Lipinski definition) is 4. The molecule has 0 aromatic heterocycles. The van der Waals surface area contributed by atoms with Crippen molar-refractivity contribution in [3.05, 3.63) is 59.7 Å². The largest absolute Gasteiger partial charge is 0.493 e. The molecule has 22 heavy (non-hydrogen) atoms. The van der Waals surface area contributed by atoms with Gasteiger partial charge in [0.05, 0.1) is 20.8 Å². The highest BCUT2D eigenvalue weighted by Gasteiger charge is 2.19. The van der Waals surface area contributed by atoms with Gasteiger partial charge in [0.2, 0.25) is 0 Å². The third-order valence-electron chi connectivity index (χ3n) is 3.59. The zero-order valence-electron chi connectivity index (χ0n) is 13.1. The molecule has 0 radical (unpaired) electrons. The Labute approximate surface area is 131 Å². The minimum absolute atomic E-state index is 0.0413. The maximum absolute atomic E-state index is 9.14. The van der Waals surface area contributed by atoms with E-state index in [1.165, 1.54) is 5.56 Å². The number of benzene rings is 2. The van der Waals surface area contributed by atoms with Crippen molar-refractivity contribution in [2.75, 3.05) is 27.4 Å². The van der Waals surface area contributed by atoms with Crippen LogP contribution in [0.1, 0.15) is 17.2 Å². The van der Waals surface area contributed by atoms with Crippen LogP contribution < -0.4 is 14.8 Å². The molecule has 0 unspecified atom stereocenters. The smallest absolute Gasteiger partial charge is 0.165 e. The highest BCUT2D eigenvalue weighted by atomic mass is 16.5. The first-order valence-corrected chi connectivity index (χ1v) is 7.39. The summed E-state index contributed by atoms with van der Waals surface area (Å²) in [5.74, 6) is 1.44. The molecule has 0 amide bonds. The lowest BCUT2D eigenvalue weighted by Crippen LogP contribution is -2.26. The van der Waals surface area contributed by atoms with Crippen molar-refractivity contribution in [1.29, 1.82) is 0 Å². The second kappa shape index (κ2) is 8.41. The van der Waals surface area contributed by atoms with E-state index in [0.717, 1.165) is 17.7 Å². The van der Waals surface area contributed by atoms with Gasteiger partial charge in [-0.2, -0.15) is 0 Å². The Kier molecular flexibility index (Phi) is 6.25. The topological polar surface area (TPSA) is 50.7 Å². The molecule has 4 heteroatoms. The van der Waals surface area contributed by atoms with E-state index in [4.69, 9.17) is 14.6 Å². The van der Waals surface area contributed by atoms with Gasteiger partial charge >= 0.3 is 0 Å². The van der Waals surface area contributed by atoms with Gasteiger partial charge in [-0.25, -0.2) is 0 Å². The summed E-state index contributed by atoms with van der Waals surface area (Å²) in [7, 11) is 3.28. The van der Waals surface area contributed by atoms with Gasteiger partial charge in [-0.3, -0.25) is 0 Å². The molecular formula is C18H23NO3. The van der Waals surface area contributed by atoms with E-state index in [2.05, 4.69) is 17.4 Å². The van der Waals surface area contributed by atoms with E-state index in [0.29, 0.717) is 12.3 Å². The van der Waals surface area contributed by atoms with Gasteiger partial charge in [-0.05, 0) is 18.1 Å². The predicted molar refractivity (Wildman–Crippen MR) is 87.5 cm³/mol. The zero-order chi connectivity index (χ0) is 15.8. The molecule has 0 saturated heterocycles. The normalized spacial score (nSPS) is 12.0. The monoisotopic (exact) mass is 301 g/mol. The van der Waals surface area contributed by atoms with Crippen molar-refractivity contribution in [2.45, 2.75) is 12.5 Å². The fourth-order valence-electron chi connectivity index (χ4n) is 2.57. The standard InChI is InChI=1S/C18H23NO3/c1-21-17-10-6-9-15(18(17)22-2)16(19-11-12-20)13-14-7-4-3-5-8-14/h3-10,16,19-20H,11-13H2,1-2H3/t16-/m0/s1. The van der Waals surface area contributed by atoms with Crippen LogP contribution in [0.5, 0.6) is 11.5 Å². The van der Waals surface area contributed by atoms with E-state index in [9.17, 15) is 0 Å². The van der Waals surface area contributed by atoms with Gasteiger partial charge in [0, 0.05) is 18.2 Å². The fraction of sp³-hybridized carbons (Fsp3) is 0.333. The third-order valence-corrected chi connectivity index (χ3v) is 3.59. The highest BCUT2D eigenvalue weighted by molar-refractivity contribution is 5.48. The number of aliphatic hydroxyl groups is 1. The molecule has 2 N–H and O–H groups in total. The van der Waals surface area contributed by atoms with E-state index < -0.39 is 0 Å². The first-order chi connectivity index (χ1) is 10.8. The first-order valence-electron chi connectivity index (χ1n) is 7.39. The van der Waals surface area contributed by atoms with Gasteiger partial charge in [0.25, 0.3) is 0 Å². The summed E-state index contributed by atoms with van der Waals surface area (Å²) in [5.41, 5.74) is 2.25. The Morgan fingerprint density at radius 3 is 2.41 bits per heavy atom. The van der Waals surface area contributed by atoms with Crippen LogP contribution in [0, 0.1) is 0 Å². The molecule has 4 nitrogen and oxygen atoms in total. The summed E-state index contributed by atoms with van der Waals surface area (Å²) < 4.78 is 10.9. The molecule has 0 aliphatic carbocycles. The van der Waals surface area contributed by atoms with E-state index in [1.54, 1.807) is 14.2 Å². The quantitative estimate of drug-likeness (QED) is 0.787. The van der Waals surface area contributed by atoms with Crippen LogP contribution >= 0.6 is 0 Å². The number of methoxy groups -OCH3 is 2. The molecule has 118 valence electrons. The summed E-state index contributed by atoms with van der Waals surface area (Å²) in [6.45, 7) is 0.620. The molecule has 0 aliphatic heterocycles. The second-order valence-electron chi connectivity index (χ2n) is 5.00. The second-order valence-corrected chi connectivity index (χ2v) is 5.00. The minimum atomic E-state index is 0.0413. The molecule has 2 rings (SSSR count). The average molecular weight is 301 g/mol. The lowest BCUT2D eigenvalue weighted by molar-refractivity contribution is 0.282. The Hall–Kier alpha value is -2.04. The van der Waals surface area contributed by atoms with Gasteiger partial charge in [0.15, 0.2) is 11.5 Å². The van der Waals surface area contributed by atoms with Crippen molar-refractivity contribution in [3.63, 3.8) is 0 Å². The summed E-state index contributed by atoms with van der Waals surface area (Å²) in [6, 6.07) is 16.2. The van der Waals surface area contributed by atoms with Crippen molar-refractivity contribution < 1.29 is 14.6 Å². The average Bonchev–Trinajstić information content (AvgIpc) is 2.58. The van der Waals surface area contributed by atoms with Crippen LogP contribution in [0.25, 0.3) is 0 Å². The van der Waals surface area contributed by atoms with Crippen LogP contribution in [-0.4, -0.2) is 32.5 Å². The van der Waals surface area contributed by atoms with Crippen LogP contribution in [-0.2, 0) is 6.42 Å². The van der Waals surface area contributed by atoms with Crippen LogP contribution in [0.2, 0.25) is 0 Å². The zero-order valence-corrected chi connectivity index (χ0v) is 13.1. The van der Waals surface area contributed by atoms with Crippen molar-refractivity contribution in [3.8, 4) is 11.5 Å². The number of hydrogen-bond donors (Lipinski definition) is 2. The van der Waals surface area contributed by atoms with Crippen LogP contribution in [0.3, 0.4) is 0 Å². The minimum Gasteiger partial charge on any atom is -0.493 e. The van der Waals surface area contributed by atoms with Crippen LogP contribution in [0.4, 0.5) is 0 Å². The molecule has 0 spiro atoms. The predicted octanol–water partition coefficient (Wildman–Crippen LogP) is 2.57. The maximum Gasteiger partial charge on any atom is 0.165 e. The summed E-state index contributed by atoms with van der Waals surface area (Å²) in [6.07, 6.45) is 0.810. The molecule has 0 bridgehead atoms. The Bertz CT molecular complexity index is 572. The van der Waals surface area contributed by atoms with Gasteiger partial charge in [0.1, 0.15) is 0 Å². The SMILES string of the molecule is COc1cccc([C@H](Cc2ccccc2)NCCO)c1OC. The fourth-order valence-corrected chi connectivity index (χ4v) is 2.57. The molecule has 2 aromatic rings. The van der Waals surface area contributed by atoms with Crippen LogP contribution in [0.15, 0.2) is 48.5 Å². The van der Waals surface area contributed by atoms with E-state index >= 15 is 0 Å². The Morgan fingerprint density at radius 1 is 1.00 bits per heavy atom. The lowest BCUT2D eigenvalue weighted by atomic mass is 9.97. The van der Waals surface area contributed by atoms with Crippen molar-refractivity contribution >= 4 is 0 Å². The lowest BCUT2D eigenvalue weighted by Gasteiger charge is -2.22. The van der Waals surface area contributed by atoms with Gasteiger partial charge in [-0.1, -0.05) is 42.5 Å². The number of para-hydroxylation sites is 1. The Balaban J connectivity index is 2.32. The van der Waals surface area contributed by atoms with E-state index in [1.807, 2.05) is 36.4 Å². The molecule has 2 aromatic carbocycles. The summed E-state index contributed by atoms with van der Waals surface area (Å²) in [4.78, 5) is 0. The van der Waals surface area contributed by atoms with Gasteiger partial charge in [-0.15, -0.1) is 0 Å². The molecule has 1 atom stereocenters. The molecular weight excluding hydrogens is 278 g/mol. The molecule has 0 fully saturated rings. The molecule has 0 heterocycles. The van der Waals surface area contributed by atoms with Gasteiger partial charge < -0.3 is 19.9 Å². The van der Waals surface area contributed by atoms with Crippen molar-refractivity contribution in [1.82, 2.24) is 5.32 Å². The summed E-state index contributed by atoms with van der Waals surface area (Å²) in [5, 5.41) is 12.5. The van der Waals surface area contributed by atoms with E-state index in [-0.39, 0.29) is 12.6 Å². The third kappa shape index (κ3) is 4.00. The number of aliphatic hydroxyl groups excluding tert-OH is 1. The highest BCUT2D eigenvalue weighted by Crippen LogP contribution is 2.35. The molecule has 0 aliphatic rings. The maximum atomic E-state index is 9.14.